The van der Waals surface area contributed by atoms with Gasteiger partial charge in [0.25, 0.3) is 0 Å². The number of H-pyrrole nitrogens is 1. The highest BCUT2D eigenvalue weighted by molar-refractivity contribution is 5.26. The quantitative estimate of drug-likeness (QED) is 0.687. The van der Waals surface area contributed by atoms with Crippen molar-refractivity contribution in [3.05, 3.63) is 42.2 Å². The lowest BCUT2D eigenvalue weighted by atomic mass is 10.3. The number of aromatic amines is 1. The first-order valence-electron chi connectivity index (χ1n) is 3.73. The number of rotatable bonds is 1. The number of nitrogens with zero attached hydrogens (tertiary/aromatic N) is 2. The van der Waals surface area contributed by atoms with E-state index >= 15 is 0 Å². The van der Waals surface area contributed by atoms with Crippen molar-refractivity contribution in [2.45, 2.75) is 0 Å². The Hall–Kier alpha value is -1.85. The molecular weight excluding hydrogens is 195 g/mol. The fourth-order valence-corrected chi connectivity index (χ4v) is 1.12. The van der Waals surface area contributed by atoms with Crippen molar-refractivity contribution in [2.24, 2.45) is 0 Å². The molecule has 6 heteroatoms. The van der Waals surface area contributed by atoms with Gasteiger partial charge in [-0.1, -0.05) is 0 Å². The minimum Gasteiger partial charge on any atom is -0.207 e. The first kappa shape index (κ1) is 8.74. The van der Waals surface area contributed by atoms with Crippen molar-refractivity contribution in [3.63, 3.8) is 0 Å². The second-order valence-electron chi connectivity index (χ2n) is 2.61. The van der Waals surface area contributed by atoms with Gasteiger partial charge in [-0.25, -0.2) is 13.2 Å². The molecule has 1 heterocycles. The molecule has 0 atom stereocenters. The number of hydrogen-bond acceptors (Lipinski definition) is 1. The summed E-state index contributed by atoms with van der Waals surface area (Å²) in [4.78, 5) is 3.58. The molecule has 0 spiro atoms. The van der Waals surface area contributed by atoms with Crippen molar-refractivity contribution in [1.29, 1.82) is 0 Å². The van der Waals surface area contributed by atoms with E-state index in [2.05, 4.69) is 10.1 Å². The second-order valence-corrected chi connectivity index (χ2v) is 2.61. The highest BCUT2D eigenvalue weighted by Gasteiger charge is 2.18. The van der Waals surface area contributed by atoms with E-state index in [0.717, 1.165) is 4.68 Å². The SMILES string of the molecule is Fc1cc(F)c(-[n+]2cnc[nH]2)c(F)c1. The standard InChI is InChI=1S/C8H4F3N3/c9-5-1-6(10)8(7(11)2-5)14-4-12-3-13-14/h1-4H/p+1. The Morgan fingerprint density at radius 3 is 2.29 bits per heavy atom. The molecule has 2 aromatic rings. The Bertz CT molecular complexity index is 430. The molecule has 0 aliphatic rings. The largest absolute Gasteiger partial charge is 0.312 e. The predicted octanol–water partition coefficient (Wildman–Crippen LogP) is 1.10. The van der Waals surface area contributed by atoms with E-state index in [9.17, 15) is 13.2 Å². The van der Waals surface area contributed by atoms with Crippen molar-refractivity contribution >= 4 is 0 Å². The molecule has 0 saturated heterocycles. The van der Waals surface area contributed by atoms with E-state index in [-0.39, 0.29) is 5.69 Å². The predicted molar refractivity (Wildman–Crippen MR) is 40.0 cm³/mol. The highest BCUT2D eigenvalue weighted by atomic mass is 19.1. The zero-order chi connectivity index (χ0) is 10.1. The van der Waals surface area contributed by atoms with Gasteiger partial charge in [0, 0.05) is 12.1 Å². The van der Waals surface area contributed by atoms with Crippen LogP contribution >= 0.6 is 0 Å². The minimum absolute atomic E-state index is 0.385. The Balaban J connectivity index is 2.64. The molecule has 1 aromatic heterocycles. The van der Waals surface area contributed by atoms with Gasteiger partial charge in [-0.2, -0.15) is 5.10 Å². The molecule has 0 aliphatic heterocycles. The number of benzene rings is 1. The zero-order valence-electron chi connectivity index (χ0n) is 6.84. The van der Waals surface area contributed by atoms with Crippen LogP contribution in [0.2, 0.25) is 0 Å². The van der Waals surface area contributed by atoms with Crippen molar-refractivity contribution in [3.8, 4) is 5.69 Å². The van der Waals surface area contributed by atoms with E-state index < -0.39 is 17.5 Å². The summed E-state index contributed by atoms with van der Waals surface area (Å²) in [5.74, 6) is -2.93. The number of halogens is 3. The Morgan fingerprint density at radius 2 is 1.79 bits per heavy atom. The maximum Gasteiger partial charge on any atom is 0.312 e. The van der Waals surface area contributed by atoms with Crippen LogP contribution in [0.1, 0.15) is 0 Å². The van der Waals surface area contributed by atoms with Crippen LogP contribution < -0.4 is 4.68 Å². The van der Waals surface area contributed by atoms with Gasteiger partial charge < -0.3 is 0 Å². The smallest absolute Gasteiger partial charge is 0.207 e. The summed E-state index contributed by atoms with van der Waals surface area (Å²) >= 11 is 0. The van der Waals surface area contributed by atoms with Crippen molar-refractivity contribution in [1.82, 2.24) is 10.1 Å². The third-order valence-corrected chi connectivity index (χ3v) is 1.68. The molecule has 14 heavy (non-hydrogen) atoms. The van der Waals surface area contributed by atoms with Gasteiger partial charge in [-0.3, -0.25) is 0 Å². The van der Waals surface area contributed by atoms with Crippen LogP contribution in [0.5, 0.6) is 0 Å². The van der Waals surface area contributed by atoms with E-state index in [1.807, 2.05) is 0 Å². The highest BCUT2D eigenvalue weighted by Crippen LogP contribution is 2.13. The van der Waals surface area contributed by atoms with E-state index in [0.29, 0.717) is 12.1 Å². The summed E-state index contributed by atoms with van der Waals surface area (Å²) in [5, 5.41) is 2.46. The zero-order valence-corrected chi connectivity index (χ0v) is 6.84. The fourth-order valence-electron chi connectivity index (χ4n) is 1.12. The molecular formula is C8H5F3N3+. The van der Waals surface area contributed by atoms with Gasteiger partial charge in [0.15, 0.2) is 11.6 Å². The molecule has 3 nitrogen and oxygen atoms in total. The number of hydrogen-bond donors (Lipinski definition) is 1. The second kappa shape index (κ2) is 3.13. The molecule has 1 aromatic carbocycles. The normalized spacial score (nSPS) is 10.5. The van der Waals surface area contributed by atoms with Crippen LogP contribution in [0.25, 0.3) is 5.69 Å². The van der Waals surface area contributed by atoms with E-state index in [1.54, 1.807) is 0 Å². The summed E-state index contributed by atoms with van der Waals surface area (Å²) in [6.07, 6.45) is 2.43. The molecule has 0 saturated carbocycles. The van der Waals surface area contributed by atoms with Crippen LogP contribution in [-0.2, 0) is 0 Å². The van der Waals surface area contributed by atoms with Crippen molar-refractivity contribution in [2.75, 3.05) is 0 Å². The number of aromatic nitrogens is 3. The molecule has 0 fully saturated rings. The molecule has 0 unspecified atom stereocenters. The molecule has 2 rings (SSSR count). The summed E-state index contributed by atoms with van der Waals surface area (Å²) in [7, 11) is 0. The molecule has 72 valence electrons. The monoisotopic (exact) mass is 200 g/mol. The molecule has 0 bridgehead atoms. The third kappa shape index (κ3) is 1.34. The first-order chi connectivity index (χ1) is 6.68. The Morgan fingerprint density at radius 1 is 1.14 bits per heavy atom. The van der Waals surface area contributed by atoms with Gasteiger partial charge in [0.1, 0.15) is 5.82 Å². The van der Waals surface area contributed by atoms with Gasteiger partial charge in [0.05, 0.1) is 0 Å². The third-order valence-electron chi connectivity index (χ3n) is 1.68. The Kier molecular flexibility index (Phi) is 1.95. The Labute approximate surface area is 76.8 Å². The van der Waals surface area contributed by atoms with Gasteiger partial charge in [-0.15, -0.1) is 4.68 Å². The van der Waals surface area contributed by atoms with Crippen LogP contribution in [0.4, 0.5) is 13.2 Å². The van der Waals surface area contributed by atoms with Gasteiger partial charge in [-0.05, 0) is 4.98 Å². The summed E-state index contributed by atoms with van der Waals surface area (Å²) < 4.78 is 39.8. The maximum atomic E-state index is 13.1. The van der Waals surface area contributed by atoms with Crippen molar-refractivity contribution < 1.29 is 17.9 Å². The maximum absolute atomic E-state index is 13.1. The molecule has 0 amide bonds. The summed E-state index contributed by atoms with van der Waals surface area (Å²) in [6.45, 7) is 0. The van der Waals surface area contributed by atoms with Gasteiger partial charge >= 0.3 is 6.33 Å². The van der Waals surface area contributed by atoms with Crippen LogP contribution in [0.15, 0.2) is 24.8 Å². The summed E-state index contributed by atoms with van der Waals surface area (Å²) in [5.41, 5.74) is -0.385. The molecule has 0 aliphatic carbocycles. The average molecular weight is 200 g/mol. The summed E-state index contributed by atoms with van der Waals surface area (Å²) in [6, 6.07) is 1.21. The lowest BCUT2D eigenvalue weighted by Crippen LogP contribution is -2.34. The minimum atomic E-state index is -0.989. The fraction of sp³-hybridized carbons (Fsp3) is 0. The topological polar surface area (TPSA) is 32.6 Å². The van der Waals surface area contributed by atoms with Crippen LogP contribution in [0.3, 0.4) is 0 Å². The molecule has 0 radical (unpaired) electrons. The van der Waals surface area contributed by atoms with E-state index in [1.165, 1.54) is 12.7 Å². The average Bonchev–Trinajstić information content (AvgIpc) is 2.54. The van der Waals surface area contributed by atoms with Crippen LogP contribution in [0, 0.1) is 17.5 Å². The first-order valence-corrected chi connectivity index (χ1v) is 3.73. The molecule has 1 N–H and O–H groups in total. The lowest BCUT2D eigenvalue weighted by Gasteiger charge is -1.98. The van der Waals surface area contributed by atoms with Crippen LogP contribution in [-0.4, -0.2) is 10.1 Å². The van der Waals surface area contributed by atoms with Gasteiger partial charge in [0.2, 0.25) is 12.0 Å². The lowest BCUT2D eigenvalue weighted by molar-refractivity contribution is -0.660. The van der Waals surface area contributed by atoms with E-state index in [4.69, 9.17) is 0 Å². The number of nitrogens with one attached hydrogen (secondary N) is 1.